The molecule has 1 aliphatic heterocycles. The largest absolute Gasteiger partial charge is 0.492 e. The molecule has 0 radical (unpaired) electrons. The van der Waals surface area contributed by atoms with Gasteiger partial charge in [-0.2, -0.15) is 4.98 Å². The zero-order chi connectivity index (χ0) is 17.1. The van der Waals surface area contributed by atoms with Crippen LogP contribution in [0.5, 0.6) is 11.6 Å². The number of para-hydroxylation sites is 1. The highest BCUT2D eigenvalue weighted by atomic mass is 16.5. The normalized spacial score (nSPS) is 16.6. The van der Waals surface area contributed by atoms with Crippen molar-refractivity contribution in [2.45, 2.75) is 13.0 Å². The van der Waals surface area contributed by atoms with Crippen LogP contribution in [0.2, 0.25) is 0 Å². The van der Waals surface area contributed by atoms with Crippen LogP contribution in [0.25, 0.3) is 11.4 Å². The lowest BCUT2D eigenvalue weighted by Gasteiger charge is -2.12. The maximum atomic E-state index is 5.76. The second-order valence-corrected chi connectivity index (χ2v) is 5.52. The number of aromatic nitrogens is 3. The molecule has 0 aliphatic carbocycles. The lowest BCUT2D eigenvalue weighted by molar-refractivity contribution is 0.320. The lowest BCUT2D eigenvalue weighted by Crippen LogP contribution is -2.24. The molecule has 1 aromatic carbocycles. The Balaban J connectivity index is 1.71. The molecule has 3 heterocycles. The minimum absolute atomic E-state index is 0.216. The third-order valence-electron chi connectivity index (χ3n) is 3.92. The van der Waals surface area contributed by atoms with Gasteiger partial charge in [0.2, 0.25) is 17.6 Å². The Hall–Kier alpha value is -2.93. The zero-order valence-corrected chi connectivity index (χ0v) is 13.8. The molecule has 0 amide bonds. The van der Waals surface area contributed by atoms with Crippen molar-refractivity contribution >= 4 is 0 Å². The fraction of sp³-hybridized carbons (Fsp3) is 0.278. The Morgan fingerprint density at radius 1 is 1.24 bits per heavy atom. The van der Waals surface area contributed by atoms with Gasteiger partial charge in [-0.1, -0.05) is 23.4 Å². The van der Waals surface area contributed by atoms with Crippen LogP contribution in [-0.4, -0.2) is 34.9 Å². The van der Waals surface area contributed by atoms with E-state index in [-0.39, 0.29) is 6.04 Å². The SMILES string of the molecule is CCOc1ncccc1-c1noc(C2NCCOc3ccccc32)n1. The maximum Gasteiger partial charge on any atom is 0.248 e. The molecule has 25 heavy (non-hydrogen) atoms. The van der Waals surface area contributed by atoms with Crippen molar-refractivity contribution in [1.29, 1.82) is 0 Å². The topological polar surface area (TPSA) is 82.3 Å². The van der Waals surface area contributed by atoms with E-state index in [1.807, 2.05) is 43.3 Å². The Kier molecular flexibility index (Phi) is 4.30. The van der Waals surface area contributed by atoms with Gasteiger partial charge in [0.25, 0.3) is 0 Å². The smallest absolute Gasteiger partial charge is 0.248 e. The number of nitrogens with zero attached hydrogens (tertiary/aromatic N) is 3. The zero-order valence-electron chi connectivity index (χ0n) is 13.8. The van der Waals surface area contributed by atoms with Crippen LogP contribution < -0.4 is 14.8 Å². The van der Waals surface area contributed by atoms with Crippen LogP contribution >= 0.6 is 0 Å². The second kappa shape index (κ2) is 6.90. The van der Waals surface area contributed by atoms with Crippen molar-refractivity contribution in [1.82, 2.24) is 20.4 Å². The number of pyridine rings is 1. The van der Waals surface area contributed by atoms with Gasteiger partial charge in [0, 0.05) is 18.3 Å². The van der Waals surface area contributed by atoms with Gasteiger partial charge in [-0.3, -0.25) is 5.32 Å². The molecular formula is C18H18N4O3. The Morgan fingerprint density at radius 3 is 3.08 bits per heavy atom. The molecule has 0 bridgehead atoms. The molecule has 7 heteroatoms. The van der Waals surface area contributed by atoms with Crippen LogP contribution in [0.15, 0.2) is 47.1 Å². The summed E-state index contributed by atoms with van der Waals surface area (Å²) in [6.45, 7) is 3.70. The predicted molar refractivity (Wildman–Crippen MR) is 90.5 cm³/mol. The average molecular weight is 338 g/mol. The van der Waals surface area contributed by atoms with Gasteiger partial charge >= 0.3 is 0 Å². The quantitative estimate of drug-likeness (QED) is 0.783. The summed E-state index contributed by atoms with van der Waals surface area (Å²) in [5.74, 6) is 2.26. The van der Waals surface area contributed by atoms with Crippen molar-refractivity contribution in [3.63, 3.8) is 0 Å². The first-order chi connectivity index (χ1) is 12.4. The van der Waals surface area contributed by atoms with Gasteiger partial charge in [-0.05, 0) is 25.1 Å². The lowest BCUT2D eigenvalue weighted by atomic mass is 10.1. The highest BCUT2D eigenvalue weighted by molar-refractivity contribution is 5.60. The molecule has 0 spiro atoms. The molecule has 0 fully saturated rings. The molecule has 1 N–H and O–H groups in total. The van der Waals surface area contributed by atoms with Crippen LogP contribution in [-0.2, 0) is 0 Å². The number of rotatable bonds is 4. The first-order valence-corrected chi connectivity index (χ1v) is 8.23. The van der Waals surface area contributed by atoms with E-state index in [1.165, 1.54) is 0 Å². The number of hydrogen-bond donors (Lipinski definition) is 1. The molecule has 4 rings (SSSR count). The average Bonchev–Trinajstić information content (AvgIpc) is 3.03. The van der Waals surface area contributed by atoms with E-state index < -0.39 is 0 Å². The Bertz CT molecular complexity index is 865. The summed E-state index contributed by atoms with van der Waals surface area (Å²) < 4.78 is 16.9. The number of nitrogens with one attached hydrogen (secondary N) is 1. The molecular weight excluding hydrogens is 320 g/mol. The van der Waals surface area contributed by atoms with E-state index >= 15 is 0 Å². The molecule has 3 aromatic rings. The van der Waals surface area contributed by atoms with Crippen LogP contribution in [0, 0.1) is 0 Å². The monoisotopic (exact) mass is 338 g/mol. The molecule has 2 aromatic heterocycles. The summed E-state index contributed by atoms with van der Waals surface area (Å²) >= 11 is 0. The van der Waals surface area contributed by atoms with Crippen LogP contribution in [0.4, 0.5) is 0 Å². The van der Waals surface area contributed by atoms with E-state index in [2.05, 4.69) is 20.4 Å². The molecule has 1 atom stereocenters. The van der Waals surface area contributed by atoms with E-state index in [1.54, 1.807) is 6.20 Å². The summed E-state index contributed by atoms with van der Waals surface area (Å²) in [6, 6.07) is 11.3. The van der Waals surface area contributed by atoms with Crippen molar-refractivity contribution in [2.24, 2.45) is 0 Å². The minimum Gasteiger partial charge on any atom is -0.492 e. The standard InChI is InChI=1S/C18H18N4O3/c1-2-23-17-13(7-5-9-20-17)16-21-18(25-22-16)15-12-6-3-4-8-14(12)24-11-10-19-15/h3-9,15,19H,2,10-11H2,1H3. The first kappa shape index (κ1) is 15.6. The summed E-state index contributed by atoms with van der Waals surface area (Å²) in [5, 5.41) is 7.51. The number of hydrogen-bond acceptors (Lipinski definition) is 7. The molecule has 128 valence electrons. The minimum atomic E-state index is -0.216. The van der Waals surface area contributed by atoms with Gasteiger partial charge in [-0.25, -0.2) is 4.98 Å². The highest BCUT2D eigenvalue weighted by Crippen LogP contribution is 2.32. The van der Waals surface area contributed by atoms with Gasteiger partial charge in [-0.15, -0.1) is 0 Å². The number of benzene rings is 1. The van der Waals surface area contributed by atoms with Crippen molar-refractivity contribution in [2.75, 3.05) is 19.8 Å². The van der Waals surface area contributed by atoms with Crippen LogP contribution in [0.1, 0.15) is 24.4 Å². The van der Waals surface area contributed by atoms with E-state index in [4.69, 9.17) is 14.0 Å². The summed E-state index contributed by atoms with van der Waals surface area (Å²) in [4.78, 5) is 8.81. The summed E-state index contributed by atoms with van der Waals surface area (Å²) in [5.41, 5.74) is 1.68. The van der Waals surface area contributed by atoms with E-state index in [0.29, 0.717) is 42.9 Å². The fourth-order valence-corrected chi connectivity index (χ4v) is 2.82. The van der Waals surface area contributed by atoms with Crippen molar-refractivity contribution in [3.05, 3.63) is 54.0 Å². The summed E-state index contributed by atoms with van der Waals surface area (Å²) in [7, 11) is 0. The maximum absolute atomic E-state index is 5.76. The van der Waals surface area contributed by atoms with Gasteiger partial charge in [0.05, 0.1) is 12.2 Å². The Labute approximate surface area is 145 Å². The molecule has 1 unspecified atom stereocenters. The summed E-state index contributed by atoms with van der Waals surface area (Å²) in [6.07, 6.45) is 1.68. The third kappa shape index (κ3) is 3.06. The third-order valence-corrected chi connectivity index (χ3v) is 3.92. The molecule has 7 nitrogen and oxygen atoms in total. The molecule has 0 saturated carbocycles. The predicted octanol–water partition coefficient (Wildman–Crippen LogP) is 2.60. The second-order valence-electron chi connectivity index (χ2n) is 5.52. The van der Waals surface area contributed by atoms with Gasteiger partial charge in [0.15, 0.2) is 0 Å². The van der Waals surface area contributed by atoms with E-state index in [9.17, 15) is 0 Å². The fourth-order valence-electron chi connectivity index (χ4n) is 2.82. The number of fused-ring (bicyclic) bond motifs is 1. The van der Waals surface area contributed by atoms with E-state index in [0.717, 1.165) is 11.3 Å². The highest BCUT2D eigenvalue weighted by Gasteiger charge is 2.26. The number of ether oxygens (including phenoxy) is 2. The Morgan fingerprint density at radius 2 is 2.16 bits per heavy atom. The van der Waals surface area contributed by atoms with Crippen LogP contribution in [0.3, 0.4) is 0 Å². The molecule has 1 aliphatic rings. The van der Waals surface area contributed by atoms with Gasteiger partial charge < -0.3 is 14.0 Å². The first-order valence-electron chi connectivity index (χ1n) is 8.23. The van der Waals surface area contributed by atoms with Crippen molar-refractivity contribution < 1.29 is 14.0 Å². The molecule has 0 saturated heterocycles. The van der Waals surface area contributed by atoms with Crippen molar-refractivity contribution in [3.8, 4) is 23.0 Å². The van der Waals surface area contributed by atoms with Gasteiger partial charge in [0.1, 0.15) is 18.4 Å².